The molecule has 3 N–H and O–H groups in total. The van der Waals surface area contributed by atoms with Gasteiger partial charge in [-0.2, -0.15) is 0 Å². The molecule has 146 valence electrons. The molecule has 1 amide bonds. The van der Waals surface area contributed by atoms with Crippen LogP contribution in [0.2, 0.25) is 0 Å². The smallest absolute Gasteiger partial charge is 0.267 e. The van der Waals surface area contributed by atoms with Gasteiger partial charge in [0, 0.05) is 30.8 Å². The molecule has 0 atom stereocenters. The zero-order valence-electron chi connectivity index (χ0n) is 16.5. The highest BCUT2D eigenvalue weighted by Gasteiger charge is 2.26. The van der Waals surface area contributed by atoms with Crippen LogP contribution in [0.5, 0.6) is 5.75 Å². The predicted octanol–water partition coefficient (Wildman–Crippen LogP) is 0.887. The highest BCUT2D eigenvalue weighted by Crippen LogP contribution is 2.30. The largest absolute Gasteiger partial charge is 0.507 e. The van der Waals surface area contributed by atoms with Crippen LogP contribution in [0.25, 0.3) is 0 Å². The Morgan fingerprint density at radius 2 is 1.88 bits per heavy atom. The zero-order chi connectivity index (χ0) is 19.1. The van der Waals surface area contributed by atoms with Gasteiger partial charge in [-0.3, -0.25) is 9.59 Å². The number of carbonyl (C=O) groups excluding carboxylic acids is 1. The SMILES string of the molecule is CCCn1c2c(c(O)c(C(=O)NCCC[NH+](CC)CC)c1=O)CCCC2. The summed E-state index contributed by atoms with van der Waals surface area (Å²) in [6.07, 6.45) is 5.22. The first-order chi connectivity index (χ1) is 12.5. The molecule has 1 aliphatic rings. The Labute approximate surface area is 156 Å². The monoisotopic (exact) mass is 364 g/mol. The number of quaternary nitrogens is 1. The van der Waals surface area contributed by atoms with E-state index in [1.807, 2.05) is 6.92 Å². The Morgan fingerprint density at radius 3 is 2.54 bits per heavy atom. The Hall–Kier alpha value is -1.82. The van der Waals surface area contributed by atoms with E-state index in [-0.39, 0.29) is 16.9 Å². The fourth-order valence-corrected chi connectivity index (χ4v) is 3.85. The lowest BCUT2D eigenvalue weighted by atomic mass is 9.93. The Kier molecular flexibility index (Phi) is 7.69. The minimum atomic E-state index is -0.444. The maximum Gasteiger partial charge on any atom is 0.267 e. The zero-order valence-corrected chi connectivity index (χ0v) is 16.5. The second-order valence-electron chi connectivity index (χ2n) is 7.13. The highest BCUT2D eigenvalue weighted by molar-refractivity contribution is 5.97. The lowest BCUT2D eigenvalue weighted by Crippen LogP contribution is -3.11. The molecule has 1 aliphatic carbocycles. The first kappa shape index (κ1) is 20.5. The number of carbonyl (C=O) groups is 1. The molecule has 6 heteroatoms. The van der Waals surface area contributed by atoms with Gasteiger partial charge in [0.2, 0.25) is 0 Å². The van der Waals surface area contributed by atoms with Crippen molar-refractivity contribution in [1.82, 2.24) is 9.88 Å². The van der Waals surface area contributed by atoms with Crippen LogP contribution in [-0.2, 0) is 19.4 Å². The molecule has 0 saturated carbocycles. The molecule has 0 saturated heterocycles. The van der Waals surface area contributed by atoms with E-state index in [2.05, 4.69) is 19.2 Å². The molecule has 0 spiro atoms. The van der Waals surface area contributed by atoms with Crippen molar-refractivity contribution in [3.8, 4) is 5.75 Å². The summed E-state index contributed by atoms with van der Waals surface area (Å²) in [6.45, 7) is 10.6. The van der Waals surface area contributed by atoms with Gasteiger partial charge in [0.05, 0.1) is 19.6 Å². The predicted molar refractivity (Wildman–Crippen MR) is 103 cm³/mol. The second-order valence-corrected chi connectivity index (χ2v) is 7.13. The van der Waals surface area contributed by atoms with Gasteiger partial charge < -0.3 is 19.9 Å². The minimum Gasteiger partial charge on any atom is -0.507 e. The third-order valence-corrected chi connectivity index (χ3v) is 5.41. The molecule has 1 aromatic heterocycles. The number of amides is 1. The number of rotatable bonds is 9. The number of aromatic nitrogens is 1. The first-order valence-electron chi connectivity index (χ1n) is 10.1. The number of nitrogens with one attached hydrogen (secondary N) is 2. The Balaban J connectivity index is 2.18. The van der Waals surface area contributed by atoms with E-state index in [9.17, 15) is 14.7 Å². The number of fused-ring (bicyclic) bond motifs is 1. The van der Waals surface area contributed by atoms with Gasteiger partial charge in [-0.1, -0.05) is 6.92 Å². The van der Waals surface area contributed by atoms with Gasteiger partial charge in [-0.05, 0) is 46.0 Å². The second kappa shape index (κ2) is 9.76. The summed E-state index contributed by atoms with van der Waals surface area (Å²) in [4.78, 5) is 27.0. The quantitative estimate of drug-likeness (QED) is 0.570. The molecule has 0 unspecified atom stereocenters. The fourth-order valence-electron chi connectivity index (χ4n) is 3.85. The maximum atomic E-state index is 12.9. The van der Waals surface area contributed by atoms with Gasteiger partial charge in [-0.15, -0.1) is 0 Å². The molecule has 2 rings (SSSR count). The number of hydrogen-bond acceptors (Lipinski definition) is 3. The van der Waals surface area contributed by atoms with Crippen LogP contribution < -0.4 is 15.8 Å². The van der Waals surface area contributed by atoms with Crippen molar-refractivity contribution in [1.29, 1.82) is 0 Å². The summed E-state index contributed by atoms with van der Waals surface area (Å²) in [5.74, 6) is -0.538. The topological polar surface area (TPSA) is 75.8 Å². The summed E-state index contributed by atoms with van der Waals surface area (Å²) in [5.41, 5.74) is 1.29. The summed E-state index contributed by atoms with van der Waals surface area (Å²) >= 11 is 0. The van der Waals surface area contributed by atoms with Gasteiger partial charge >= 0.3 is 0 Å². The summed E-state index contributed by atoms with van der Waals surface area (Å²) in [5, 5.41) is 13.5. The van der Waals surface area contributed by atoms with E-state index in [1.165, 1.54) is 4.90 Å². The van der Waals surface area contributed by atoms with Crippen molar-refractivity contribution < 1.29 is 14.8 Å². The molecule has 0 fully saturated rings. The molecule has 1 aromatic rings. The van der Waals surface area contributed by atoms with Crippen LogP contribution in [0.3, 0.4) is 0 Å². The number of pyridine rings is 1. The third-order valence-electron chi connectivity index (χ3n) is 5.41. The van der Waals surface area contributed by atoms with Gasteiger partial charge in [-0.25, -0.2) is 0 Å². The van der Waals surface area contributed by atoms with Crippen molar-refractivity contribution >= 4 is 5.91 Å². The molecule has 0 bridgehead atoms. The van der Waals surface area contributed by atoms with E-state index in [0.29, 0.717) is 13.1 Å². The molecular formula is C20H34N3O3+. The minimum absolute atomic E-state index is 0.0747. The van der Waals surface area contributed by atoms with E-state index in [1.54, 1.807) is 4.57 Å². The maximum absolute atomic E-state index is 12.9. The van der Waals surface area contributed by atoms with Crippen LogP contribution in [0.4, 0.5) is 0 Å². The third kappa shape index (κ3) is 4.47. The van der Waals surface area contributed by atoms with Crippen molar-refractivity contribution in [2.75, 3.05) is 26.2 Å². The van der Waals surface area contributed by atoms with Crippen molar-refractivity contribution in [3.63, 3.8) is 0 Å². The molecule has 0 aromatic carbocycles. The fraction of sp³-hybridized carbons (Fsp3) is 0.700. The average molecular weight is 365 g/mol. The molecule has 0 aliphatic heterocycles. The van der Waals surface area contributed by atoms with Crippen molar-refractivity contribution in [2.24, 2.45) is 0 Å². The summed E-state index contributed by atoms with van der Waals surface area (Å²) in [7, 11) is 0. The lowest BCUT2D eigenvalue weighted by molar-refractivity contribution is -0.896. The van der Waals surface area contributed by atoms with Crippen LogP contribution in [0.15, 0.2) is 4.79 Å². The molecule has 0 radical (unpaired) electrons. The van der Waals surface area contributed by atoms with Crippen LogP contribution in [0, 0.1) is 0 Å². The first-order valence-corrected chi connectivity index (χ1v) is 10.1. The Bertz CT molecular complexity index is 678. The van der Waals surface area contributed by atoms with E-state index in [0.717, 1.165) is 69.4 Å². The molecule has 1 heterocycles. The molecule has 26 heavy (non-hydrogen) atoms. The van der Waals surface area contributed by atoms with E-state index >= 15 is 0 Å². The standard InChI is InChI=1S/C20H33N3O3/c1-4-13-23-16-11-8-7-10-15(16)18(24)17(20(23)26)19(25)21-12-9-14-22(5-2)6-3/h24H,4-14H2,1-3H3,(H,21,25)/p+1. The number of nitrogens with zero attached hydrogens (tertiary/aromatic N) is 1. The van der Waals surface area contributed by atoms with Crippen LogP contribution in [-0.4, -0.2) is 41.8 Å². The molecular weight excluding hydrogens is 330 g/mol. The van der Waals surface area contributed by atoms with Gasteiger partial charge in [0.25, 0.3) is 11.5 Å². The Morgan fingerprint density at radius 1 is 1.19 bits per heavy atom. The highest BCUT2D eigenvalue weighted by atomic mass is 16.3. The normalized spacial score (nSPS) is 13.7. The van der Waals surface area contributed by atoms with Gasteiger partial charge in [0.15, 0.2) is 0 Å². The molecule has 6 nitrogen and oxygen atoms in total. The number of aromatic hydroxyl groups is 1. The van der Waals surface area contributed by atoms with Crippen LogP contribution >= 0.6 is 0 Å². The van der Waals surface area contributed by atoms with Crippen molar-refractivity contribution in [3.05, 3.63) is 27.2 Å². The van der Waals surface area contributed by atoms with Crippen molar-refractivity contribution in [2.45, 2.75) is 65.8 Å². The van der Waals surface area contributed by atoms with E-state index in [4.69, 9.17) is 0 Å². The lowest BCUT2D eigenvalue weighted by Gasteiger charge is -2.23. The van der Waals surface area contributed by atoms with E-state index < -0.39 is 5.91 Å². The van der Waals surface area contributed by atoms with Crippen LogP contribution in [0.1, 0.15) is 68.1 Å². The van der Waals surface area contributed by atoms with Gasteiger partial charge in [0.1, 0.15) is 11.3 Å². The summed E-state index contributed by atoms with van der Waals surface area (Å²) in [6, 6.07) is 0. The summed E-state index contributed by atoms with van der Waals surface area (Å²) < 4.78 is 1.71. The number of hydrogen-bond donors (Lipinski definition) is 3. The average Bonchev–Trinajstić information content (AvgIpc) is 2.65.